The van der Waals surface area contributed by atoms with E-state index in [0.29, 0.717) is 31.8 Å². The van der Waals surface area contributed by atoms with Gasteiger partial charge in [-0.2, -0.15) is 5.10 Å². The maximum atomic E-state index is 13.4. The van der Waals surface area contributed by atoms with Gasteiger partial charge < -0.3 is 24.4 Å². The standard InChI is InChI=1S/C21H34N4O5/c1-14-13-29-16(12-26)10-25(14)19(27)17-11-23(5)22-18(17)15-7-6-8-24(9-15)20(28)30-21(2,3)4/h11,14-16,26H,6-10,12-13H2,1-5H3/t14-,15-,16-/m1/s1. The molecule has 3 heterocycles. The molecule has 1 aromatic rings. The molecule has 30 heavy (non-hydrogen) atoms. The number of rotatable bonds is 3. The summed E-state index contributed by atoms with van der Waals surface area (Å²) in [5, 5.41) is 14.0. The summed E-state index contributed by atoms with van der Waals surface area (Å²) in [6, 6.07) is -0.0852. The van der Waals surface area contributed by atoms with Crippen LogP contribution in [0.15, 0.2) is 6.20 Å². The smallest absolute Gasteiger partial charge is 0.410 e. The first-order chi connectivity index (χ1) is 14.1. The number of carbonyl (C=O) groups excluding carboxylic acids is 2. The lowest BCUT2D eigenvalue weighted by molar-refractivity contribution is -0.0667. The molecule has 0 aliphatic carbocycles. The molecule has 2 aliphatic rings. The van der Waals surface area contributed by atoms with Crippen LogP contribution in [0.5, 0.6) is 0 Å². The Balaban J connectivity index is 1.79. The minimum absolute atomic E-state index is 0.0311. The van der Waals surface area contributed by atoms with Crippen LogP contribution in [0.2, 0.25) is 0 Å². The summed E-state index contributed by atoms with van der Waals surface area (Å²) < 4.78 is 12.7. The number of morpholine rings is 1. The normalized spacial score (nSPS) is 25.3. The Morgan fingerprint density at radius 3 is 2.73 bits per heavy atom. The van der Waals surface area contributed by atoms with Crippen LogP contribution in [-0.4, -0.2) is 87.3 Å². The number of aryl methyl sites for hydroxylation is 1. The zero-order valence-corrected chi connectivity index (χ0v) is 18.6. The van der Waals surface area contributed by atoms with Crippen LogP contribution >= 0.6 is 0 Å². The molecule has 3 atom stereocenters. The highest BCUT2D eigenvalue weighted by atomic mass is 16.6. The molecule has 168 valence electrons. The molecule has 9 heteroatoms. The fourth-order valence-electron chi connectivity index (χ4n) is 4.03. The number of amides is 2. The van der Waals surface area contributed by atoms with E-state index in [-0.39, 0.29) is 36.7 Å². The van der Waals surface area contributed by atoms with Crippen molar-refractivity contribution in [1.29, 1.82) is 0 Å². The van der Waals surface area contributed by atoms with Gasteiger partial charge in [-0.15, -0.1) is 0 Å². The van der Waals surface area contributed by atoms with Crippen LogP contribution in [-0.2, 0) is 16.5 Å². The van der Waals surface area contributed by atoms with E-state index in [1.54, 1.807) is 27.7 Å². The molecular formula is C21H34N4O5. The van der Waals surface area contributed by atoms with Crippen molar-refractivity contribution in [3.05, 3.63) is 17.5 Å². The third-order valence-corrected chi connectivity index (χ3v) is 5.52. The molecule has 1 N–H and O–H groups in total. The van der Waals surface area contributed by atoms with Gasteiger partial charge in [0.15, 0.2) is 0 Å². The minimum atomic E-state index is -0.550. The largest absolute Gasteiger partial charge is 0.444 e. The Bertz CT molecular complexity index is 772. The fraction of sp³-hybridized carbons (Fsp3) is 0.762. The lowest BCUT2D eigenvalue weighted by Gasteiger charge is -2.38. The minimum Gasteiger partial charge on any atom is -0.444 e. The van der Waals surface area contributed by atoms with Crippen molar-refractivity contribution < 1.29 is 24.2 Å². The summed E-state index contributed by atoms with van der Waals surface area (Å²) >= 11 is 0. The van der Waals surface area contributed by atoms with Crippen molar-refractivity contribution in [2.45, 2.75) is 64.2 Å². The number of carbonyl (C=O) groups is 2. The number of aromatic nitrogens is 2. The van der Waals surface area contributed by atoms with E-state index in [0.717, 1.165) is 18.5 Å². The molecule has 1 aromatic heterocycles. The van der Waals surface area contributed by atoms with Crippen LogP contribution in [0.1, 0.15) is 62.5 Å². The SMILES string of the molecule is C[C@@H]1CO[C@@H](CO)CN1C(=O)c1cn(C)nc1[C@@H]1CCCN(C(=O)OC(C)(C)C)C1. The first kappa shape index (κ1) is 22.6. The predicted molar refractivity (Wildman–Crippen MR) is 110 cm³/mol. The van der Waals surface area contributed by atoms with Crippen molar-refractivity contribution in [1.82, 2.24) is 19.6 Å². The molecule has 0 aromatic carbocycles. The van der Waals surface area contributed by atoms with Crippen molar-refractivity contribution in [3.8, 4) is 0 Å². The molecule has 0 spiro atoms. The maximum absolute atomic E-state index is 13.4. The lowest BCUT2D eigenvalue weighted by atomic mass is 9.92. The Morgan fingerprint density at radius 1 is 1.33 bits per heavy atom. The van der Waals surface area contributed by atoms with E-state index < -0.39 is 5.60 Å². The van der Waals surface area contributed by atoms with E-state index in [4.69, 9.17) is 9.47 Å². The van der Waals surface area contributed by atoms with E-state index >= 15 is 0 Å². The van der Waals surface area contributed by atoms with E-state index in [1.807, 2.05) is 27.7 Å². The van der Waals surface area contributed by atoms with Crippen molar-refractivity contribution in [3.63, 3.8) is 0 Å². The topological polar surface area (TPSA) is 97.1 Å². The van der Waals surface area contributed by atoms with Gasteiger partial charge in [0.2, 0.25) is 0 Å². The Labute approximate surface area is 177 Å². The van der Waals surface area contributed by atoms with E-state index in [1.165, 1.54) is 0 Å². The Morgan fingerprint density at radius 2 is 2.07 bits per heavy atom. The molecule has 2 aliphatic heterocycles. The quantitative estimate of drug-likeness (QED) is 0.797. The van der Waals surface area contributed by atoms with Crippen molar-refractivity contribution in [2.75, 3.05) is 32.8 Å². The monoisotopic (exact) mass is 422 g/mol. The Hall–Kier alpha value is -2.13. The third kappa shape index (κ3) is 5.13. The van der Waals surface area contributed by atoms with Gasteiger partial charge in [0.1, 0.15) is 5.60 Å². The number of aliphatic hydroxyl groups excluding tert-OH is 1. The summed E-state index contributed by atoms with van der Waals surface area (Å²) in [5.74, 6) is -0.141. The van der Waals surface area contributed by atoms with Gasteiger partial charge in [-0.05, 0) is 40.5 Å². The summed E-state index contributed by atoms with van der Waals surface area (Å²) in [5.41, 5.74) is 0.722. The van der Waals surface area contributed by atoms with Gasteiger partial charge in [0, 0.05) is 38.8 Å². The number of piperidine rings is 1. The Kier molecular flexibility index (Phi) is 6.71. The van der Waals surface area contributed by atoms with Gasteiger partial charge in [-0.1, -0.05) is 0 Å². The summed E-state index contributed by atoms with van der Waals surface area (Å²) in [4.78, 5) is 29.4. The molecule has 0 unspecified atom stereocenters. The molecule has 3 rings (SSSR count). The second kappa shape index (κ2) is 8.93. The maximum Gasteiger partial charge on any atom is 0.410 e. The van der Waals surface area contributed by atoms with Crippen LogP contribution in [0.3, 0.4) is 0 Å². The highest BCUT2D eigenvalue weighted by Crippen LogP contribution is 2.30. The highest BCUT2D eigenvalue weighted by Gasteiger charge is 2.35. The number of hydrogen-bond donors (Lipinski definition) is 1. The number of aliphatic hydroxyl groups is 1. The molecular weight excluding hydrogens is 388 g/mol. The average Bonchev–Trinajstić information content (AvgIpc) is 3.08. The van der Waals surface area contributed by atoms with Crippen molar-refractivity contribution in [2.24, 2.45) is 7.05 Å². The number of hydrogen-bond acceptors (Lipinski definition) is 6. The number of nitrogens with zero attached hydrogens (tertiary/aromatic N) is 4. The van der Waals surface area contributed by atoms with Gasteiger partial charge in [-0.3, -0.25) is 9.48 Å². The van der Waals surface area contributed by atoms with E-state index in [2.05, 4.69) is 5.10 Å². The highest BCUT2D eigenvalue weighted by molar-refractivity contribution is 5.95. The second-order valence-corrected chi connectivity index (χ2v) is 9.31. The van der Waals surface area contributed by atoms with Crippen LogP contribution in [0.4, 0.5) is 4.79 Å². The molecule has 2 amide bonds. The summed E-state index contributed by atoms with van der Waals surface area (Å²) in [6.07, 6.45) is 2.73. The van der Waals surface area contributed by atoms with Gasteiger partial charge >= 0.3 is 6.09 Å². The molecule has 0 bridgehead atoms. The zero-order chi connectivity index (χ0) is 22.1. The van der Waals surface area contributed by atoms with Crippen LogP contribution in [0, 0.1) is 0 Å². The zero-order valence-electron chi connectivity index (χ0n) is 18.6. The first-order valence-electron chi connectivity index (χ1n) is 10.6. The van der Waals surface area contributed by atoms with Gasteiger partial charge in [-0.25, -0.2) is 4.79 Å². The molecule has 9 nitrogen and oxygen atoms in total. The molecule has 0 radical (unpaired) electrons. The number of likely N-dealkylation sites (tertiary alicyclic amines) is 1. The summed E-state index contributed by atoms with van der Waals surface area (Å²) in [7, 11) is 1.80. The summed E-state index contributed by atoms with van der Waals surface area (Å²) in [6.45, 7) is 9.23. The van der Waals surface area contributed by atoms with Crippen LogP contribution < -0.4 is 0 Å². The van der Waals surface area contributed by atoms with E-state index in [9.17, 15) is 14.7 Å². The van der Waals surface area contributed by atoms with Crippen LogP contribution in [0.25, 0.3) is 0 Å². The number of ether oxygens (including phenoxy) is 2. The third-order valence-electron chi connectivity index (χ3n) is 5.52. The molecule has 2 saturated heterocycles. The fourth-order valence-corrected chi connectivity index (χ4v) is 4.03. The predicted octanol–water partition coefficient (Wildman–Crippen LogP) is 1.76. The average molecular weight is 423 g/mol. The molecule has 0 saturated carbocycles. The first-order valence-corrected chi connectivity index (χ1v) is 10.6. The molecule has 2 fully saturated rings. The second-order valence-electron chi connectivity index (χ2n) is 9.31. The van der Waals surface area contributed by atoms with Gasteiger partial charge in [0.25, 0.3) is 5.91 Å². The van der Waals surface area contributed by atoms with Gasteiger partial charge in [0.05, 0.1) is 36.6 Å². The lowest BCUT2D eigenvalue weighted by Crippen LogP contribution is -2.52. The van der Waals surface area contributed by atoms with Crippen molar-refractivity contribution >= 4 is 12.0 Å².